The van der Waals surface area contributed by atoms with E-state index in [0.29, 0.717) is 18.7 Å². The molecule has 0 aliphatic carbocycles. The molecule has 0 aromatic heterocycles. The fourth-order valence-corrected chi connectivity index (χ4v) is 4.02. The maximum atomic E-state index is 14.4. The van der Waals surface area contributed by atoms with Crippen molar-refractivity contribution in [1.29, 1.82) is 0 Å². The Hall–Kier alpha value is -1.56. The minimum absolute atomic E-state index is 0.0874. The third kappa shape index (κ3) is 3.86. The molecule has 1 saturated heterocycles. The lowest BCUT2D eigenvalue weighted by atomic mass is 10.1. The smallest absolute Gasteiger partial charge is 0.132 e. The summed E-state index contributed by atoms with van der Waals surface area (Å²) in [6.45, 7) is 2.18. The highest BCUT2D eigenvalue weighted by atomic mass is 32.2. The van der Waals surface area contributed by atoms with Crippen molar-refractivity contribution >= 4 is 11.8 Å². The molecule has 0 bridgehead atoms. The van der Waals surface area contributed by atoms with Crippen LogP contribution in [0.2, 0.25) is 0 Å². The molecule has 0 spiro atoms. The molecule has 23 heavy (non-hydrogen) atoms. The fraction of sp³-hybridized carbons (Fsp3) is 0.333. The van der Waals surface area contributed by atoms with E-state index in [4.69, 9.17) is 9.47 Å². The van der Waals surface area contributed by atoms with E-state index in [0.717, 1.165) is 17.2 Å². The monoisotopic (exact) mass is 333 g/mol. The van der Waals surface area contributed by atoms with Gasteiger partial charge in [0.1, 0.15) is 11.6 Å². The van der Waals surface area contributed by atoms with Crippen molar-refractivity contribution in [3.05, 3.63) is 59.9 Å². The summed E-state index contributed by atoms with van der Waals surface area (Å²) < 4.78 is 25.7. The molecule has 2 atom stereocenters. The van der Waals surface area contributed by atoms with Crippen LogP contribution in [0.1, 0.15) is 10.8 Å². The highest BCUT2D eigenvalue weighted by Crippen LogP contribution is 2.43. The number of ether oxygens (including phenoxy) is 2. The van der Waals surface area contributed by atoms with Gasteiger partial charge in [-0.15, -0.1) is 11.8 Å². The molecular formula is C18H20FNO2S. The van der Waals surface area contributed by atoms with E-state index >= 15 is 0 Å². The molecule has 0 amide bonds. The predicted octanol–water partition coefficient (Wildman–Crippen LogP) is 3.66. The van der Waals surface area contributed by atoms with Gasteiger partial charge in [-0.2, -0.15) is 0 Å². The minimum Gasteiger partial charge on any atom is -0.496 e. The summed E-state index contributed by atoms with van der Waals surface area (Å²) in [6.07, 6.45) is -0.0874. The molecule has 1 aliphatic rings. The molecule has 3 rings (SSSR count). The average molecular weight is 333 g/mol. The molecule has 5 heteroatoms. The number of nitrogens with one attached hydrogen (secondary N) is 1. The van der Waals surface area contributed by atoms with E-state index in [1.54, 1.807) is 24.9 Å². The van der Waals surface area contributed by atoms with E-state index in [1.807, 2.05) is 36.4 Å². The van der Waals surface area contributed by atoms with Gasteiger partial charge in [0.2, 0.25) is 0 Å². The van der Waals surface area contributed by atoms with Gasteiger partial charge in [-0.3, -0.25) is 0 Å². The number of methoxy groups -OCH3 is 1. The van der Waals surface area contributed by atoms with Crippen LogP contribution in [0, 0.1) is 5.82 Å². The number of halogens is 1. The number of thioether (sulfide) groups is 1. The standard InChI is InChI=1S/C18H20FNO2S/c1-21-15-8-4-5-9-17(15)23-18(16-12-20-10-11-22-16)13-6-2-3-7-14(13)19/h2-9,16,18,20H,10-12H2,1H3/t16-,18?/m1/s1. The van der Waals surface area contributed by atoms with Gasteiger partial charge in [-0.25, -0.2) is 4.39 Å². The fourth-order valence-electron chi connectivity index (χ4n) is 2.68. The maximum Gasteiger partial charge on any atom is 0.132 e. The van der Waals surface area contributed by atoms with Crippen molar-refractivity contribution in [3.63, 3.8) is 0 Å². The first-order chi connectivity index (χ1) is 11.3. The largest absolute Gasteiger partial charge is 0.496 e. The van der Waals surface area contributed by atoms with E-state index in [-0.39, 0.29) is 17.2 Å². The highest BCUT2D eigenvalue weighted by molar-refractivity contribution is 7.99. The summed E-state index contributed by atoms with van der Waals surface area (Å²) in [5.41, 5.74) is 0.664. The van der Waals surface area contributed by atoms with Crippen LogP contribution < -0.4 is 10.1 Å². The zero-order chi connectivity index (χ0) is 16.1. The molecule has 3 nitrogen and oxygen atoms in total. The third-order valence-corrected chi connectivity index (χ3v) is 5.23. The van der Waals surface area contributed by atoms with Gasteiger partial charge in [0.25, 0.3) is 0 Å². The van der Waals surface area contributed by atoms with E-state index in [1.165, 1.54) is 6.07 Å². The predicted molar refractivity (Wildman–Crippen MR) is 90.6 cm³/mol. The highest BCUT2D eigenvalue weighted by Gasteiger charge is 2.29. The lowest BCUT2D eigenvalue weighted by molar-refractivity contribution is 0.0268. The van der Waals surface area contributed by atoms with Gasteiger partial charge in [-0.05, 0) is 18.2 Å². The van der Waals surface area contributed by atoms with Crippen LogP contribution in [0.3, 0.4) is 0 Å². The third-order valence-electron chi connectivity index (χ3n) is 3.83. The van der Waals surface area contributed by atoms with Crippen LogP contribution in [0.25, 0.3) is 0 Å². The second kappa shape index (κ2) is 7.81. The molecule has 2 aromatic rings. The number of rotatable bonds is 5. The average Bonchev–Trinajstić information content (AvgIpc) is 2.61. The van der Waals surface area contributed by atoms with Crippen LogP contribution in [-0.2, 0) is 4.74 Å². The van der Waals surface area contributed by atoms with Crippen LogP contribution in [-0.4, -0.2) is 32.9 Å². The van der Waals surface area contributed by atoms with Crippen LogP contribution in [0.15, 0.2) is 53.4 Å². The first-order valence-electron chi connectivity index (χ1n) is 7.66. The lowest BCUT2D eigenvalue weighted by Crippen LogP contribution is -2.41. The Morgan fingerprint density at radius 1 is 1.22 bits per heavy atom. The second-order valence-corrected chi connectivity index (χ2v) is 6.51. The van der Waals surface area contributed by atoms with Crippen molar-refractivity contribution in [1.82, 2.24) is 5.32 Å². The van der Waals surface area contributed by atoms with E-state index in [9.17, 15) is 4.39 Å². The Kier molecular flexibility index (Phi) is 5.54. The van der Waals surface area contributed by atoms with Crippen LogP contribution in [0.5, 0.6) is 5.75 Å². The Morgan fingerprint density at radius 2 is 2.00 bits per heavy atom. The van der Waals surface area contributed by atoms with Crippen molar-refractivity contribution in [2.45, 2.75) is 16.2 Å². The van der Waals surface area contributed by atoms with Crippen LogP contribution >= 0.6 is 11.8 Å². The first kappa shape index (κ1) is 16.3. The second-order valence-electron chi connectivity index (χ2n) is 5.32. The summed E-state index contributed by atoms with van der Waals surface area (Å²) in [4.78, 5) is 0.984. The summed E-state index contributed by atoms with van der Waals surface area (Å²) in [5, 5.41) is 3.19. The molecule has 1 aliphatic heterocycles. The van der Waals surface area contributed by atoms with Gasteiger partial charge >= 0.3 is 0 Å². The van der Waals surface area contributed by atoms with Crippen molar-refractivity contribution in [2.24, 2.45) is 0 Å². The van der Waals surface area contributed by atoms with Gasteiger partial charge < -0.3 is 14.8 Å². The van der Waals surface area contributed by atoms with Gasteiger partial charge in [0.15, 0.2) is 0 Å². The Morgan fingerprint density at radius 3 is 2.74 bits per heavy atom. The van der Waals surface area contributed by atoms with E-state index < -0.39 is 0 Å². The molecule has 2 aromatic carbocycles. The van der Waals surface area contributed by atoms with Crippen LogP contribution in [0.4, 0.5) is 4.39 Å². The number of hydrogen-bond acceptors (Lipinski definition) is 4. The van der Waals surface area contributed by atoms with E-state index in [2.05, 4.69) is 5.32 Å². The van der Waals surface area contributed by atoms with Gasteiger partial charge in [0.05, 0.1) is 30.0 Å². The Labute approximate surface area is 140 Å². The summed E-state index contributed by atoms with van der Waals surface area (Å²) >= 11 is 1.58. The van der Waals surface area contributed by atoms with Crippen molar-refractivity contribution in [2.75, 3.05) is 26.8 Å². The molecular weight excluding hydrogens is 313 g/mol. The van der Waals surface area contributed by atoms with Gasteiger partial charge in [-0.1, -0.05) is 30.3 Å². The molecule has 122 valence electrons. The normalized spacial score (nSPS) is 19.3. The topological polar surface area (TPSA) is 30.5 Å². The lowest BCUT2D eigenvalue weighted by Gasteiger charge is -2.31. The molecule has 1 unspecified atom stereocenters. The zero-order valence-corrected chi connectivity index (χ0v) is 13.8. The van der Waals surface area contributed by atoms with Crippen molar-refractivity contribution < 1.29 is 13.9 Å². The summed E-state index contributed by atoms with van der Waals surface area (Å²) in [6, 6.07) is 14.7. The number of hydrogen-bond donors (Lipinski definition) is 1. The molecule has 1 fully saturated rings. The molecule has 0 saturated carbocycles. The number of para-hydroxylation sites is 1. The number of morpholine rings is 1. The molecule has 0 radical (unpaired) electrons. The quantitative estimate of drug-likeness (QED) is 0.846. The molecule has 1 heterocycles. The Balaban J connectivity index is 1.93. The molecule has 1 N–H and O–H groups in total. The Bertz CT molecular complexity index is 646. The first-order valence-corrected chi connectivity index (χ1v) is 8.54. The SMILES string of the molecule is COc1ccccc1SC(c1ccccc1F)[C@H]1CNCCO1. The number of benzene rings is 2. The zero-order valence-electron chi connectivity index (χ0n) is 13.0. The minimum atomic E-state index is -0.200. The summed E-state index contributed by atoms with van der Waals surface area (Å²) in [7, 11) is 1.65. The van der Waals surface area contributed by atoms with Crippen molar-refractivity contribution in [3.8, 4) is 5.75 Å². The van der Waals surface area contributed by atoms with Gasteiger partial charge in [0, 0.05) is 18.7 Å². The maximum absolute atomic E-state index is 14.4. The summed E-state index contributed by atoms with van der Waals surface area (Å²) in [5.74, 6) is 0.594.